The molecule has 1 aliphatic heterocycles. The van der Waals surface area contributed by atoms with Gasteiger partial charge in [-0.25, -0.2) is 0 Å². The molecule has 1 aromatic rings. The van der Waals surface area contributed by atoms with E-state index in [1.807, 2.05) is 12.1 Å². The molecular formula is C15H19ClN2O. The molecule has 1 heterocycles. The average Bonchev–Trinajstić information content (AvgIpc) is 2.95. The van der Waals surface area contributed by atoms with E-state index < -0.39 is 0 Å². The number of hydrogen-bond acceptors (Lipinski definition) is 2. The lowest BCUT2D eigenvalue weighted by Crippen LogP contribution is -2.23. The molecule has 0 aromatic heterocycles. The van der Waals surface area contributed by atoms with E-state index in [9.17, 15) is 4.79 Å². The summed E-state index contributed by atoms with van der Waals surface area (Å²) in [6, 6.07) is 4.41. The van der Waals surface area contributed by atoms with Gasteiger partial charge in [-0.2, -0.15) is 0 Å². The quantitative estimate of drug-likeness (QED) is 0.882. The van der Waals surface area contributed by atoms with Crippen molar-refractivity contribution in [2.24, 2.45) is 5.92 Å². The van der Waals surface area contributed by atoms with Gasteiger partial charge in [0.15, 0.2) is 0 Å². The first-order valence-electron chi connectivity index (χ1n) is 7.06. The van der Waals surface area contributed by atoms with Crippen molar-refractivity contribution in [3.05, 3.63) is 22.7 Å². The Morgan fingerprint density at radius 1 is 1.42 bits per heavy atom. The molecule has 3 nitrogen and oxygen atoms in total. The van der Waals surface area contributed by atoms with Gasteiger partial charge in [-0.05, 0) is 36.5 Å². The van der Waals surface area contributed by atoms with Gasteiger partial charge in [0.05, 0.1) is 17.1 Å². The van der Waals surface area contributed by atoms with Crippen LogP contribution in [0, 0.1) is 5.92 Å². The predicted octanol–water partition coefficient (Wildman–Crippen LogP) is 3.83. The summed E-state index contributed by atoms with van der Waals surface area (Å²) >= 11 is 6.31. The first kappa shape index (κ1) is 12.8. The first-order valence-corrected chi connectivity index (χ1v) is 7.44. The summed E-state index contributed by atoms with van der Waals surface area (Å²) in [7, 11) is 0. The Balaban J connectivity index is 1.82. The van der Waals surface area contributed by atoms with Gasteiger partial charge >= 0.3 is 0 Å². The van der Waals surface area contributed by atoms with E-state index in [0.717, 1.165) is 22.9 Å². The minimum absolute atomic E-state index is 0.0514. The van der Waals surface area contributed by atoms with Crippen LogP contribution >= 0.6 is 11.6 Å². The SMILES string of the molecule is CCC1CCCC1Nc1cc2c(cc1Cl)NC(=O)C2. The van der Waals surface area contributed by atoms with Crippen LogP contribution in [0.3, 0.4) is 0 Å². The van der Waals surface area contributed by atoms with Gasteiger partial charge in [-0.15, -0.1) is 0 Å². The zero-order valence-electron chi connectivity index (χ0n) is 11.1. The number of amides is 1. The second-order valence-electron chi connectivity index (χ2n) is 5.56. The maximum Gasteiger partial charge on any atom is 0.228 e. The van der Waals surface area contributed by atoms with Gasteiger partial charge in [0.25, 0.3) is 0 Å². The fraction of sp³-hybridized carbons (Fsp3) is 0.533. The number of anilines is 2. The number of carbonyl (C=O) groups excluding carboxylic acids is 1. The van der Waals surface area contributed by atoms with Gasteiger partial charge in [0, 0.05) is 11.7 Å². The van der Waals surface area contributed by atoms with Crippen LogP contribution in [-0.2, 0) is 11.2 Å². The average molecular weight is 279 g/mol. The minimum Gasteiger partial charge on any atom is -0.381 e. The molecule has 19 heavy (non-hydrogen) atoms. The van der Waals surface area contributed by atoms with Crippen molar-refractivity contribution in [1.29, 1.82) is 0 Å². The Bertz CT molecular complexity index is 515. The summed E-state index contributed by atoms with van der Waals surface area (Å²) in [6.45, 7) is 2.25. The van der Waals surface area contributed by atoms with Crippen molar-refractivity contribution in [2.75, 3.05) is 10.6 Å². The molecule has 0 bridgehead atoms. The van der Waals surface area contributed by atoms with Gasteiger partial charge in [-0.1, -0.05) is 31.4 Å². The molecule has 1 amide bonds. The maximum atomic E-state index is 11.4. The number of fused-ring (bicyclic) bond motifs is 1. The summed E-state index contributed by atoms with van der Waals surface area (Å²) in [4.78, 5) is 11.4. The highest BCUT2D eigenvalue weighted by atomic mass is 35.5. The van der Waals surface area contributed by atoms with Crippen LogP contribution in [0.15, 0.2) is 12.1 Å². The normalized spacial score (nSPS) is 25.3. The molecule has 102 valence electrons. The third-order valence-corrected chi connectivity index (χ3v) is 4.66. The lowest BCUT2D eigenvalue weighted by molar-refractivity contribution is -0.115. The zero-order valence-corrected chi connectivity index (χ0v) is 11.9. The van der Waals surface area contributed by atoms with E-state index in [2.05, 4.69) is 17.6 Å². The maximum absolute atomic E-state index is 11.4. The Kier molecular flexibility index (Phi) is 3.40. The molecule has 0 saturated heterocycles. The molecule has 0 spiro atoms. The van der Waals surface area contributed by atoms with E-state index in [1.165, 1.54) is 25.7 Å². The van der Waals surface area contributed by atoms with E-state index in [-0.39, 0.29) is 5.91 Å². The fourth-order valence-corrected chi connectivity index (χ4v) is 3.49. The van der Waals surface area contributed by atoms with Gasteiger partial charge in [-0.3, -0.25) is 4.79 Å². The van der Waals surface area contributed by atoms with Crippen LogP contribution in [0.5, 0.6) is 0 Å². The summed E-state index contributed by atoms with van der Waals surface area (Å²) in [6.07, 6.45) is 5.47. The molecule has 2 aliphatic rings. The van der Waals surface area contributed by atoms with Gasteiger partial charge in [0.2, 0.25) is 5.91 Å². The molecule has 0 radical (unpaired) electrons. The third-order valence-electron chi connectivity index (χ3n) is 4.34. The number of rotatable bonds is 3. The van der Waals surface area contributed by atoms with E-state index in [1.54, 1.807) is 0 Å². The van der Waals surface area contributed by atoms with Crippen molar-refractivity contribution >= 4 is 28.9 Å². The second-order valence-corrected chi connectivity index (χ2v) is 5.97. The van der Waals surface area contributed by atoms with Gasteiger partial charge in [0.1, 0.15) is 0 Å². The van der Waals surface area contributed by atoms with Crippen LogP contribution in [0.25, 0.3) is 0 Å². The molecule has 2 unspecified atom stereocenters. The summed E-state index contributed by atoms with van der Waals surface area (Å²) in [5.74, 6) is 0.791. The number of hydrogen-bond donors (Lipinski definition) is 2. The van der Waals surface area contributed by atoms with E-state index in [4.69, 9.17) is 11.6 Å². The summed E-state index contributed by atoms with van der Waals surface area (Å²) in [5.41, 5.74) is 2.88. The Morgan fingerprint density at radius 3 is 3.05 bits per heavy atom. The molecule has 2 atom stereocenters. The molecule has 4 heteroatoms. The van der Waals surface area contributed by atoms with Crippen molar-refractivity contribution in [2.45, 2.75) is 45.1 Å². The topological polar surface area (TPSA) is 41.1 Å². The van der Waals surface area contributed by atoms with Crippen molar-refractivity contribution in [1.82, 2.24) is 0 Å². The minimum atomic E-state index is 0.0514. The molecule has 1 aliphatic carbocycles. The molecule has 1 aromatic carbocycles. The largest absolute Gasteiger partial charge is 0.381 e. The Hall–Kier alpha value is -1.22. The fourth-order valence-electron chi connectivity index (χ4n) is 3.27. The highest BCUT2D eigenvalue weighted by Crippen LogP contribution is 2.36. The molecule has 1 fully saturated rings. The molecule has 3 rings (SSSR count). The predicted molar refractivity (Wildman–Crippen MR) is 78.8 cm³/mol. The molecule has 2 N–H and O–H groups in total. The van der Waals surface area contributed by atoms with Crippen LogP contribution in [0.4, 0.5) is 11.4 Å². The van der Waals surface area contributed by atoms with Crippen LogP contribution in [0.2, 0.25) is 5.02 Å². The number of nitrogens with one attached hydrogen (secondary N) is 2. The number of benzene rings is 1. The number of carbonyl (C=O) groups is 1. The highest BCUT2D eigenvalue weighted by Gasteiger charge is 2.27. The summed E-state index contributed by atoms with van der Waals surface area (Å²) in [5, 5.41) is 7.11. The van der Waals surface area contributed by atoms with Crippen LogP contribution < -0.4 is 10.6 Å². The Morgan fingerprint density at radius 2 is 2.26 bits per heavy atom. The number of halogens is 1. The van der Waals surface area contributed by atoms with Crippen LogP contribution in [-0.4, -0.2) is 11.9 Å². The van der Waals surface area contributed by atoms with Crippen LogP contribution in [0.1, 0.15) is 38.2 Å². The zero-order chi connectivity index (χ0) is 13.4. The smallest absolute Gasteiger partial charge is 0.228 e. The summed E-state index contributed by atoms with van der Waals surface area (Å²) < 4.78 is 0. The molecular weight excluding hydrogens is 260 g/mol. The standard InChI is InChI=1S/C15H19ClN2O/c1-2-9-4-3-5-12(9)17-14-6-10-7-15(19)18-13(10)8-11(14)16/h6,8-9,12,17H,2-5,7H2,1H3,(H,18,19). The van der Waals surface area contributed by atoms with E-state index >= 15 is 0 Å². The van der Waals surface area contributed by atoms with Crippen molar-refractivity contribution in [3.63, 3.8) is 0 Å². The lowest BCUT2D eigenvalue weighted by Gasteiger charge is -2.22. The third kappa shape index (κ3) is 2.44. The first-order chi connectivity index (χ1) is 9.17. The Labute approximate surface area is 118 Å². The monoisotopic (exact) mass is 278 g/mol. The van der Waals surface area contributed by atoms with E-state index in [0.29, 0.717) is 17.5 Å². The highest BCUT2D eigenvalue weighted by molar-refractivity contribution is 6.33. The lowest BCUT2D eigenvalue weighted by atomic mass is 10.00. The second kappa shape index (κ2) is 5.04. The molecule has 1 saturated carbocycles. The van der Waals surface area contributed by atoms with Gasteiger partial charge < -0.3 is 10.6 Å². The van der Waals surface area contributed by atoms with Crippen molar-refractivity contribution < 1.29 is 4.79 Å². The van der Waals surface area contributed by atoms with Crippen molar-refractivity contribution in [3.8, 4) is 0 Å².